The number of carbonyl (C=O) groups is 2. The first kappa shape index (κ1) is 19.5. The Morgan fingerprint density at radius 2 is 2.12 bits per heavy atom. The maximum Gasteiger partial charge on any atom is 0.410 e. The Balaban J connectivity index is 1.69. The summed E-state index contributed by atoms with van der Waals surface area (Å²) < 4.78 is 5.26. The summed E-state index contributed by atoms with van der Waals surface area (Å²) in [6, 6.07) is 5.61. The van der Waals surface area contributed by atoms with Gasteiger partial charge in [0, 0.05) is 39.3 Å². The van der Waals surface area contributed by atoms with E-state index in [0.717, 1.165) is 0 Å². The van der Waals surface area contributed by atoms with Crippen LogP contribution in [0.25, 0.3) is 0 Å². The molecule has 0 aliphatic carbocycles. The molecule has 0 bridgehead atoms. The van der Waals surface area contributed by atoms with Gasteiger partial charge in [-0.1, -0.05) is 0 Å². The molecule has 1 aromatic rings. The van der Waals surface area contributed by atoms with E-state index < -0.39 is 11.7 Å². The lowest BCUT2D eigenvalue weighted by Crippen LogP contribution is -2.57. The van der Waals surface area contributed by atoms with Crippen molar-refractivity contribution >= 4 is 17.8 Å². The molecule has 0 saturated carbocycles. The number of anilines is 1. The van der Waals surface area contributed by atoms with Gasteiger partial charge in [0.2, 0.25) is 5.91 Å². The van der Waals surface area contributed by atoms with E-state index in [0.29, 0.717) is 31.0 Å². The minimum atomic E-state index is -0.550. The van der Waals surface area contributed by atoms with Gasteiger partial charge in [-0.05, 0) is 32.9 Å². The second-order valence-corrected chi connectivity index (χ2v) is 7.34. The topological polar surface area (TPSA) is 98.6 Å². The quantitative estimate of drug-likeness (QED) is 0.861. The lowest BCUT2D eigenvalue weighted by molar-refractivity contribution is -0.135. The molecule has 26 heavy (non-hydrogen) atoms. The number of nitriles is 1. The third-order valence-corrected chi connectivity index (χ3v) is 3.85. The summed E-state index contributed by atoms with van der Waals surface area (Å²) in [6.45, 7) is 6.92. The van der Waals surface area contributed by atoms with Crippen LogP contribution in [0.15, 0.2) is 18.3 Å². The zero-order valence-electron chi connectivity index (χ0n) is 15.7. The average Bonchev–Trinajstić information content (AvgIpc) is 2.54. The smallest absolute Gasteiger partial charge is 0.410 e. The minimum absolute atomic E-state index is 0.00578. The maximum absolute atomic E-state index is 12.2. The first-order valence-corrected chi connectivity index (χ1v) is 8.52. The molecule has 0 radical (unpaired) electrons. The van der Waals surface area contributed by atoms with Crippen LogP contribution in [0.3, 0.4) is 0 Å². The van der Waals surface area contributed by atoms with Gasteiger partial charge < -0.3 is 19.9 Å². The Hall–Kier alpha value is -2.82. The van der Waals surface area contributed by atoms with Gasteiger partial charge in [-0.15, -0.1) is 0 Å². The Kier molecular flexibility index (Phi) is 6.03. The molecular formula is C18H25N5O3. The molecular weight excluding hydrogens is 334 g/mol. The summed E-state index contributed by atoms with van der Waals surface area (Å²) in [7, 11) is 1.62. The van der Waals surface area contributed by atoms with Crippen molar-refractivity contribution in [2.75, 3.05) is 32.0 Å². The van der Waals surface area contributed by atoms with E-state index >= 15 is 0 Å². The van der Waals surface area contributed by atoms with Gasteiger partial charge in [0.05, 0.1) is 11.6 Å². The van der Waals surface area contributed by atoms with Gasteiger partial charge in [-0.3, -0.25) is 4.79 Å². The minimum Gasteiger partial charge on any atom is -0.444 e. The highest BCUT2D eigenvalue weighted by Crippen LogP contribution is 2.15. The first-order chi connectivity index (χ1) is 12.2. The Labute approximate surface area is 153 Å². The molecule has 2 heterocycles. The SMILES string of the molecule is CN(CCC(=O)N1CC(Nc2ccc(C#N)cn2)C1)C(=O)OC(C)(C)C. The van der Waals surface area contributed by atoms with Gasteiger partial charge >= 0.3 is 6.09 Å². The van der Waals surface area contributed by atoms with Crippen molar-refractivity contribution < 1.29 is 14.3 Å². The van der Waals surface area contributed by atoms with Crippen LogP contribution < -0.4 is 5.32 Å². The van der Waals surface area contributed by atoms with Crippen molar-refractivity contribution in [1.29, 1.82) is 5.26 Å². The molecule has 2 amide bonds. The van der Waals surface area contributed by atoms with E-state index in [1.807, 2.05) is 6.07 Å². The van der Waals surface area contributed by atoms with E-state index in [-0.39, 0.29) is 18.4 Å². The number of likely N-dealkylation sites (tertiary alicyclic amines) is 1. The van der Waals surface area contributed by atoms with E-state index in [2.05, 4.69) is 10.3 Å². The van der Waals surface area contributed by atoms with Crippen molar-refractivity contribution in [3.63, 3.8) is 0 Å². The van der Waals surface area contributed by atoms with E-state index in [9.17, 15) is 9.59 Å². The van der Waals surface area contributed by atoms with Gasteiger partial charge in [-0.25, -0.2) is 9.78 Å². The molecule has 1 fully saturated rings. The molecule has 8 heteroatoms. The number of amides is 2. The highest BCUT2D eigenvalue weighted by molar-refractivity contribution is 5.78. The summed E-state index contributed by atoms with van der Waals surface area (Å²) in [4.78, 5) is 31.4. The van der Waals surface area contributed by atoms with Crippen molar-refractivity contribution in [3.8, 4) is 6.07 Å². The molecule has 1 saturated heterocycles. The first-order valence-electron chi connectivity index (χ1n) is 8.52. The van der Waals surface area contributed by atoms with Crippen LogP contribution in [0.2, 0.25) is 0 Å². The Bertz CT molecular complexity index is 684. The monoisotopic (exact) mass is 359 g/mol. The summed E-state index contributed by atoms with van der Waals surface area (Å²) >= 11 is 0. The summed E-state index contributed by atoms with van der Waals surface area (Å²) in [5.74, 6) is 0.692. The summed E-state index contributed by atoms with van der Waals surface area (Å²) in [5, 5.41) is 12.0. The number of hydrogen-bond donors (Lipinski definition) is 1. The molecule has 0 atom stereocenters. The zero-order chi connectivity index (χ0) is 19.3. The van der Waals surface area contributed by atoms with Crippen molar-refractivity contribution in [2.45, 2.75) is 38.8 Å². The highest BCUT2D eigenvalue weighted by Gasteiger charge is 2.31. The molecule has 2 rings (SSSR count). The number of nitrogens with zero attached hydrogens (tertiary/aromatic N) is 4. The van der Waals surface area contributed by atoms with Gasteiger partial charge in [0.15, 0.2) is 0 Å². The van der Waals surface area contributed by atoms with Crippen molar-refractivity contribution in [3.05, 3.63) is 23.9 Å². The summed E-state index contributed by atoms with van der Waals surface area (Å²) in [5.41, 5.74) is -0.0411. The molecule has 8 nitrogen and oxygen atoms in total. The lowest BCUT2D eigenvalue weighted by Gasteiger charge is -2.40. The number of ether oxygens (including phenoxy) is 1. The van der Waals surface area contributed by atoms with Gasteiger partial charge in [0.1, 0.15) is 17.5 Å². The summed E-state index contributed by atoms with van der Waals surface area (Å²) in [6.07, 6.45) is 1.34. The molecule has 0 aromatic carbocycles. The second kappa shape index (κ2) is 8.04. The normalized spacial score (nSPS) is 14.2. The number of carbonyl (C=O) groups excluding carboxylic acids is 2. The van der Waals surface area contributed by atoms with Crippen LogP contribution in [0.4, 0.5) is 10.6 Å². The van der Waals surface area contributed by atoms with Gasteiger partial charge in [0.25, 0.3) is 0 Å². The molecule has 1 aromatic heterocycles. The molecule has 1 aliphatic rings. The fraction of sp³-hybridized carbons (Fsp3) is 0.556. The Morgan fingerprint density at radius 1 is 1.42 bits per heavy atom. The predicted octanol–water partition coefficient (Wildman–Crippen LogP) is 1.83. The van der Waals surface area contributed by atoms with E-state index in [1.54, 1.807) is 44.9 Å². The van der Waals surface area contributed by atoms with Crippen molar-refractivity contribution in [1.82, 2.24) is 14.8 Å². The van der Waals surface area contributed by atoms with E-state index in [4.69, 9.17) is 10.00 Å². The zero-order valence-corrected chi connectivity index (χ0v) is 15.7. The van der Waals surface area contributed by atoms with Crippen LogP contribution in [-0.2, 0) is 9.53 Å². The fourth-order valence-corrected chi connectivity index (χ4v) is 2.38. The third-order valence-electron chi connectivity index (χ3n) is 3.85. The molecule has 140 valence electrons. The van der Waals surface area contributed by atoms with Crippen LogP contribution in [0, 0.1) is 11.3 Å². The largest absolute Gasteiger partial charge is 0.444 e. The van der Waals surface area contributed by atoms with Crippen LogP contribution in [-0.4, -0.2) is 65.1 Å². The predicted molar refractivity (Wildman–Crippen MR) is 96.4 cm³/mol. The second-order valence-electron chi connectivity index (χ2n) is 7.34. The fourth-order valence-electron chi connectivity index (χ4n) is 2.38. The van der Waals surface area contributed by atoms with Crippen LogP contribution >= 0.6 is 0 Å². The van der Waals surface area contributed by atoms with Crippen LogP contribution in [0.1, 0.15) is 32.8 Å². The number of pyridine rings is 1. The third kappa shape index (κ3) is 5.62. The average molecular weight is 359 g/mol. The number of hydrogen-bond acceptors (Lipinski definition) is 6. The van der Waals surface area contributed by atoms with Crippen molar-refractivity contribution in [2.24, 2.45) is 0 Å². The standard InChI is InChI=1S/C18H25N5O3/c1-18(2,3)26-17(25)22(4)8-7-16(24)23-11-14(12-23)21-15-6-5-13(9-19)10-20-15/h5-6,10,14H,7-8,11-12H2,1-4H3,(H,20,21). The molecule has 1 aliphatic heterocycles. The number of aromatic nitrogens is 1. The lowest BCUT2D eigenvalue weighted by atomic mass is 10.1. The maximum atomic E-state index is 12.2. The Morgan fingerprint density at radius 3 is 2.65 bits per heavy atom. The van der Waals surface area contributed by atoms with Gasteiger partial charge in [-0.2, -0.15) is 5.26 Å². The molecule has 1 N–H and O–H groups in total. The number of rotatable bonds is 5. The van der Waals surface area contributed by atoms with Crippen LogP contribution in [0.5, 0.6) is 0 Å². The number of nitrogens with one attached hydrogen (secondary N) is 1. The molecule has 0 spiro atoms. The molecule has 0 unspecified atom stereocenters. The highest BCUT2D eigenvalue weighted by atomic mass is 16.6. The van der Waals surface area contributed by atoms with E-state index in [1.165, 1.54) is 11.1 Å².